The molecule has 1 fully saturated rings. The average molecular weight is 418 g/mol. The van der Waals surface area contributed by atoms with Crippen LogP contribution in [-0.2, 0) is 15.7 Å². The largest absolute Gasteiger partial charge is 0.486 e. The van der Waals surface area contributed by atoms with Crippen molar-refractivity contribution < 1.29 is 37.0 Å². The minimum atomic E-state index is -4.58. The molecule has 2 amide bonds. The van der Waals surface area contributed by atoms with E-state index >= 15 is 0 Å². The summed E-state index contributed by atoms with van der Waals surface area (Å²) in [5, 5.41) is 2.27. The van der Waals surface area contributed by atoms with E-state index in [1.807, 2.05) is 0 Å². The van der Waals surface area contributed by atoms with E-state index in [4.69, 9.17) is 14.2 Å². The second-order valence-electron chi connectivity index (χ2n) is 7.51. The van der Waals surface area contributed by atoms with Crippen LogP contribution in [0.3, 0.4) is 0 Å². The Balaban J connectivity index is 2.13. The SMILES string of the molecule is CCOC(=O)Nc1cc(C(F)(F)F)ccc1O[C@H]1CCN(C(=O)OC(C)(C)C)C1. The Morgan fingerprint density at radius 1 is 1.24 bits per heavy atom. The lowest BCUT2D eigenvalue weighted by molar-refractivity contribution is -0.137. The molecule has 1 heterocycles. The van der Waals surface area contributed by atoms with E-state index in [1.54, 1.807) is 27.7 Å². The van der Waals surface area contributed by atoms with Crippen molar-refractivity contribution in [1.29, 1.82) is 0 Å². The molecular formula is C19H25F3N2O5. The van der Waals surface area contributed by atoms with Crippen molar-refractivity contribution in [2.75, 3.05) is 25.0 Å². The third-order valence-corrected chi connectivity index (χ3v) is 3.91. The molecular weight excluding hydrogens is 393 g/mol. The summed E-state index contributed by atoms with van der Waals surface area (Å²) in [6.45, 7) is 7.51. The van der Waals surface area contributed by atoms with Crippen molar-refractivity contribution in [3.8, 4) is 5.75 Å². The number of anilines is 1. The minimum Gasteiger partial charge on any atom is -0.486 e. The zero-order valence-corrected chi connectivity index (χ0v) is 16.8. The van der Waals surface area contributed by atoms with Gasteiger partial charge in [0.2, 0.25) is 0 Å². The number of amides is 2. The number of benzene rings is 1. The van der Waals surface area contributed by atoms with Crippen molar-refractivity contribution in [3.63, 3.8) is 0 Å². The van der Waals surface area contributed by atoms with Crippen LogP contribution in [0.4, 0.5) is 28.4 Å². The Labute approximate surface area is 167 Å². The number of ether oxygens (including phenoxy) is 3. The van der Waals surface area contributed by atoms with Crippen LogP contribution in [0.25, 0.3) is 0 Å². The van der Waals surface area contributed by atoms with Gasteiger partial charge in [0.25, 0.3) is 0 Å². The number of alkyl halides is 3. The molecule has 10 heteroatoms. The van der Waals surface area contributed by atoms with Gasteiger partial charge < -0.3 is 19.1 Å². The molecule has 0 bridgehead atoms. The summed E-state index contributed by atoms with van der Waals surface area (Å²) in [5.74, 6) is 0.0575. The quantitative estimate of drug-likeness (QED) is 0.770. The number of hydrogen-bond acceptors (Lipinski definition) is 5. The molecule has 0 saturated carbocycles. The first-order valence-corrected chi connectivity index (χ1v) is 9.18. The first-order chi connectivity index (χ1) is 13.4. The molecule has 1 N–H and O–H groups in total. The zero-order valence-electron chi connectivity index (χ0n) is 16.8. The van der Waals surface area contributed by atoms with E-state index in [9.17, 15) is 22.8 Å². The van der Waals surface area contributed by atoms with Gasteiger partial charge >= 0.3 is 18.4 Å². The van der Waals surface area contributed by atoms with Gasteiger partial charge in [-0.25, -0.2) is 9.59 Å². The number of nitrogens with one attached hydrogen (secondary N) is 1. The van der Waals surface area contributed by atoms with Gasteiger partial charge in [-0.15, -0.1) is 0 Å². The van der Waals surface area contributed by atoms with Gasteiger partial charge in [-0.05, 0) is 45.9 Å². The van der Waals surface area contributed by atoms with Crippen LogP contribution >= 0.6 is 0 Å². The van der Waals surface area contributed by atoms with Crippen LogP contribution in [-0.4, -0.2) is 48.5 Å². The van der Waals surface area contributed by atoms with E-state index in [-0.39, 0.29) is 24.6 Å². The van der Waals surface area contributed by atoms with Crippen LogP contribution in [0.15, 0.2) is 18.2 Å². The van der Waals surface area contributed by atoms with Crippen molar-refractivity contribution >= 4 is 17.9 Å². The maximum absolute atomic E-state index is 13.0. The number of halogens is 3. The monoisotopic (exact) mass is 418 g/mol. The van der Waals surface area contributed by atoms with Crippen LogP contribution in [0.2, 0.25) is 0 Å². The van der Waals surface area contributed by atoms with Gasteiger partial charge in [0.1, 0.15) is 17.5 Å². The van der Waals surface area contributed by atoms with Crippen LogP contribution in [0.1, 0.15) is 39.7 Å². The number of nitrogens with zero attached hydrogens (tertiary/aromatic N) is 1. The van der Waals surface area contributed by atoms with E-state index in [2.05, 4.69) is 5.32 Å². The van der Waals surface area contributed by atoms with Gasteiger partial charge in [0.05, 0.1) is 24.4 Å². The van der Waals surface area contributed by atoms with Crippen LogP contribution in [0.5, 0.6) is 5.75 Å². The zero-order chi connectivity index (χ0) is 21.8. The smallest absolute Gasteiger partial charge is 0.416 e. The number of hydrogen-bond donors (Lipinski definition) is 1. The first-order valence-electron chi connectivity index (χ1n) is 9.18. The second kappa shape index (κ2) is 8.79. The molecule has 0 unspecified atom stereocenters. The highest BCUT2D eigenvalue weighted by atomic mass is 19.4. The van der Waals surface area contributed by atoms with Crippen molar-refractivity contribution in [2.24, 2.45) is 0 Å². The Bertz CT molecular complexity index is 746. The molecule has 1 aromatic rings. The van der Waals surface area contributed by atoms with Crippen LogP contribution in [0, 0.1) is 0 Å². The Hall–Kier alpha value is -2.65. The maximum Gasteiger partial charge on any atom is 0.416 e. The molecule has 2 rings (SSSR count). The Kier molecular flexibility index (Phi) is 6.86. The van der Waals surface area contributed by atoms with Crippen molar-refractivity contribution in [3.05, 3.63) is 23.8 Å². The normalized spacial score (nSPS) is 17.1. The predicted molar refractivity (Wildman–Crippen MR) is 98.9 cm³/mol. The summed E-state index contributed by atoms with van der Waals surface area (Å²) in [4.78, 5) is 25.3. The van der Waals surface area contributed by atoms with Crippen molar-refractivity contribution in [2.45, 2.75) is 52.0 Å². The molecule has 29 heavy (non-hydrogen) atoms. The number of carbonyl (C=O) groups excluding carboxylic acids is 2. The molecule has 1 aliphatic heterocycles. The van der Waals surface area contributed by atoms with E-state index < -0.39 is 35.6 Å². The van der Waals surface area contributed by atoms with Gasteiger partial charge in [0.15, 0.2) is 0 Å². The summed E-state index contributed by atoms with van der Waals surface area (Å²) in [5.41, 5.74) is -1.73. The Morgan fingerprint density at radius 3 is 2.52 bits per heavy atom. The highest BCUT2D eigenvalue weighted by Crippen LogP contribution is 2.36. The molecule has 7 nitrogen and oxygen atoms in total. The Morgan fingerprint density at radius 2 is 1.93 bits per heavy atom. The molecule has 0 aliphatic carbocycles. The lowest BCUT2D eigenvalue weighted by Gasteiger charge is -2.24. The first kappa shape index (κ1) is 22.6. The molecule has 0 spiro atoms. The molecule has 162 valence electrons. The third-order valence-electron chi connectivity index (χ3n) is 3.91. The van der Waals surface area contributed by atoms with Gasteiger partial charge in [-0.1, -0.05) is 0 Å². The third kappa shape index (κ3) is 6.72. The topological polar surface area (TPSA) is 77.1 Å². The molecule has 1 saturated heterocycles. The highest BCUT2D eigenvalue weighted by molar-refractivity contribution is 5.87. The fourth-order valence-corrected chi connectivity index (χ4v) is 2.68. The lowest BCUT2D eigenvalue weighted by Crippen LogP contribution is -2.36. The maximum atomic E-state index is 13.0. The lowest BCUT2D eigenvalue weighted by atomic mass is 10.1. The molecule has 0 radical (unpaired) electrons. The van der Waals surface area contributed by atoms with Gasteiger partial charge in [0, 0.05) is 13.0 Å². The van der Waals surface area contributed by atoms with Gasteiger partial charge in [-0.3, -0.25) is 5.32 Å². The second-order valence-corrected chi connectivity index (χ2v) is 7.51. The summed E-state index contributed by atoms with van der Waals surface area (Å²) in [7, 11) is 0. The fraction of sp³-hybridized carbons (Fsp3) is 0.579. The van der Waals surface area contributed by atoms with Crippen LogP contribution < -0.4 is 10.1 Å². The average Bonchev–Trinajstić information content (AvgIpc) is 3.03. The summed E-state index contributed by atoms with van der Waals surface area (Å²) >= 11 is 0. The fourth-order valence-electron chi connectivity index (χ4n) is 2.68. The molecule has 1 atom stereocenters. The highest BCUT2D eigenvalue weighted by Gasteiger charge is 2.33. The predicted octanol–water partition coefficient (Wildman–Crippen LogP) is 4.66. The summed E-state index contributed by atoms with van der Waals surface area (Å²) in [6, 6.07) is 2.79. The number of carbonyl (C=O) groups is 2. The summed E-state index contributed by atoms with van der Waals surface area (Å²) in [6.07, 6.45) is -5.94. The number of likely N-dealkylation sites (tertiary alicyclic amines) is 1. The van der Waals surface area contributed by atoms with Crippen molar-refractivity contribution in [1.82, 2.24) is 4.90 Å². The summed E-state index contributed by atoms with van der Waals surface area (Å²) < 4.78 is 54.9. The number of rotatable bonds is 4. The molecule has 1 aliphatic rings. The molecule has 1 aromatic carbocycles. The minimum absolute atomic E-state index is 0.0575. The standard InChI is InChI=1S/C19H25F3N2O5/c1-5-27-16(25)23-14-10-12(19(20,21)22)6-7-15(14)28-13-8-9-24(11-13)17(26)29-18(2,3)4/h6-7,10,13H,5,8-9,11H2,1-4H3,(H,23,25)/t13-/m0/s1. The molecule has 0 aromatic heterocycles. The van der Waals surface area contributed by atoms with E-state index in [1.165, 1.54) is 4.90 Å². The van der Waals surface area contributed by atoms with Gasteiger partial charge in [-0.2, -0.15) is 13.2 Å². The van der Waals surface area contributed by atoms with E-state index in [0.29, 0.717) is 13.0 Å². The van der Waals surface area contributed by atoms with E-state index in [0.717, 1.165) is 18.2 Å².